The van der Waals surface area contributed by atoms with Gasteiger partial charge in [-0.15, -0.1) is 0 Å². The smallest absolute Gasteiger partial charge is 0.404 e. The van der Waals surface area contributed by atoms with Gasteiger partial charge >= 0.3 is 6.09 Å². The van der Waals surface area contributed by atoms with Crippen LogP contribution in [0.1, 0.15) is 31.9 Å². The predicted molar refractivity (Wildman–Crippen MR) is 72.0 cm³/mol. The molecule has 5 heteroatoms. The molecule has 0 aromatic heterocycles. The standard InChI is InChI=1S/C14H21FN2O2/c1-14(2,3)17(4)8-10-6-5-7-12(15)11(10)9-19-13(16)18/h5-7H,8-9H2,1-4H3,(H2,16,18). The number of halogens is 1. The van der Waals surface area contributed by atoms with Gasteiger partial charge in [0.1, 0.15) is 12.4 Å². The molecule has 19 heavy (non-hydrogen) atoms. The van der Waals surface area contributed by atoms with E-state index in [4.69, 9.17) is 10.5 Å². The fourth-order valence-electron chi connectivity index (χ4n) is 1.55. The number of benzene rings is 1. The Morgan fingerprint density at radius 2 is 2.05 bits per heavy atom. The number of hydrogen-bond acceptors (Lipinski definition) is 3. The van der Waals surface area contributed by atoms with Crippen molar-refractivity contribution in [2.75, 3.05) is 7.05 Å². The number of nitrogens with two attached hydrogens (primary N) is 1. The minimum atomic E-state index is -0.904. The van der Waals surface area contributed by atoms with E-state index in [2.05, 4.69) is 25.7 Å². The maximum atomic E-state index is 13.8. The van der Waals surface area contributed by atoms with E-state index in [9.17, 15) is 9.18 Å². The van der Waals surface area contributed by atoms with E-state index in [1.54, 1.807) is 6.07 Å². The third-order valence-corrected chi connectivity index (χ3v) is 3.13. The van der Waals surface area contributed by atoms with Crippen LogP contribution in [0.15, 0.2) is 18.2 Å². The molecule has 1 amide bonds. The highest BCUT2D eigenvalue weighted by Gasteiger charge is 2.19. The Balaban J connectivity index is 2.94. The Kier molecular flexibility index (Phi) is 4.89. The maximum absolute atomic E-state index is 13.8. The first-order chi connectivity index (χ1) is 8.71. The summed E-state index contributed by atoms with van der Waals surface area (Å²) in [6, 6.07) is 4.82. The van der Waals surface area contributed by atoms with Crippen LogP contribution in [-0.2, 0) is 17.9 Å². The quantitative estimate of drug-likeness (QED) is 0.913. The molecule has 2 N–H and O–H groups in total. The molecule has 1 aromatic rings. The Morgan fingerprint density at radius 3 is 2.58 bits per heavy atom. The van der Waals surface area contributed by atoms with Crippen molar-refractivity contribution in [2.24, 2.45) is 5.73 Å². The van der Waals surface area contributed by atoms with Gasteiger partial charge in [-0.25, -0.2) is 9.18 Å². The van der Waals surface area contributed by atoms with Crippen LogP contribution in [0.4, 0.5) is 9.18 Å². The van der Waals surface area contributed by atoms with Gasteiger partial charge in [-0.05, 0) is 39.4 Å². The van der Waals surface area contributed by atoms with Crippen molar-refractivity contribution in [2.45, 2.75) is 39.5 Å². The summed E-state index contributed by atoms with van der Waals surface area (Å²) in [7, 11) is 1.96. The molecule has 106 valence electrons. The van der Waals surface area contributed by atoms with Crippen molar-refractivity contribution in [3.63, 3.8) is 0 Å². The van der Waals surface area contributed by atoms with Gasteiger partial charge in [0, 0.05) is 17.6 Å². The van der Waals surface area contributed by atoms with Crippen LogP contribution in [0.2, 0.25) is 0 Å². The number of carbonyl (C=O) groups is 1. The van der Waals surface area contributed by atoms with Crippen LogP contribution < -0.4 is 5.73 Å². The zero-order valence-corrected chi connectivity index (χ0v) is 11.9. The van der Waals surface area contributed by atoms with Crippen molar-refractivity contribution >= 4 is 6.09 Å². The first-order valence-corrected chi connectivity index (χ1v) is 6.11. The minimum Gasteiger partial charge on any atom is -0.445 e. The number of carbonyl (C=O) groups excluding carboxylic acids is 1. The molecule has 0 aliphatic rings. The second-order valence-corrected chi connectivity index (χ2v) is 5.51. The molecule has 0 fully saturated rings. The zero-order chi connectivity index (χ0) is 14.6. The minimum absolute atomic E-state index is 0.0336. The van der Waals surface area contributed by atoms with Crippen LogP contribution in [0.5, 0.6) is 0 Å². The van der Waals surface area contributed by atoms with E-state index in [0.29, 0.717) is 12.1 Å². The van der Waals surface area contributed by atoms with Gasteiger partial charge in [0.2, 0.25) is 0 Å². The highest BCUT2D eigenvalue weighted by Crippen LogP contribution is 2.20. The molecular weight excluding hydrogens is 247 g/mol. The van der Waals surface area contributed by atoms with Crippen molar-refractivity contribution in [3.05, 3.63) is 35.1 Å². The number of primary amides is 1. The Morgan fingerprint density at radius 1 is 1.42 bits per heavy atom. The largest absolute Gasteiger partial charge is 0.445 e. The van der Waals surface area contributed by atoms with Gasteiger partial charge in [0.15, 0.2) is 0 Å². The molecule has 0 saturated carbocycles. The lowest BCUT2D eigenvalue weighted by atomic mass is 10.0. The van der Waals surface area contributed by atoms with Gasteiger partial charge in [0.25, 0.3) is 0 Å². The molecule has 0 heterocycles. The number of nitrogens with zero attached hydrogens (tertiary/aromatic N) is 1. The van der Waals surface area contributed by atoms with E-state index < -0.39 is 6.09 Å². The summed E-state index contributed by atoms with van der Waals surface area (Å²) in [5.74, 6) is -0.388. The third-order valence-electron chi connectivity index (χ3n) is 3.13. The Hall–Kier alpha value is -1.62. The highest BCUT2D eigenvalue weighted by molar-refractivity contribution is 5.64. The molecule has 0 bridgehead atoms. The number of ether oxygens (including phenoxy) is 1. The Bertz CT molecular complexity index is 455. The average Bonchev–Trinajstić information content (AvgIpc) is 2.26. The second kappa shape index (κ2) is 6.02. The molecule has 1 rings (SSSR count). The predicted octanol–water partition coefficient (Wildman–Crippen LogP) is 2.65. The number of rotatable bonds is 4. The van der Waals surface area contributed by atoms with Crippen LogP contribution in [0.25, 0.3) is 0 Å². The van der Waals surface area contributed by atoms with Crippen molar-refractivity contribution in [1.82, 2.24) is 4.90 Å². The molecule has 0 atom stereocenters. The van der Waals surface area contributed by atoms with E-state index in [-0.39, 0.29) is 18.0 Å². The van der Waals surface area contributed by atoms with Gasteiger partial charge < -0.3 is 10.5 Å². The van der Waals surface area contributed by atoms with Crippen LogP contribution in [0.3, 0.4) is 0 Å². The fraction of sp³-hybridized carbons (Fsp3) is 0.500. The average molecular weight is 268 g/mol. The summed E-state index contributed by atoms with van der Waals surface area (Å²) >= 11 is 0. The SMILES string of the molecule is CN(Cc1cccc(F)c1COC(N)=O)C(C)(C)C. The summed E-state index contributed by atoms with van der Waals surface area (Å²) in [6.45, 7) is 6.65. The first-order valence-electron chi connectivity index (χ1n) is 6.11. The molecule has 1 aromatic carbocycles. The molecule has 0 aliphatic heterocycles. The highest BCUT2D eigenvalue weighted by atomic mass is 19.1. The summed E-state index contributed by atoms with van der Waals surface area (Å²) in [6.07, 6.45) is -0.904. The summed E-state index contributed by atoms with van der Waals surface area (Å²) in [5.41, 5.74) is 6.05. The van der Waals surface area contributed by atoms with Crippen LogP contribution in [0, 0.1) is 5.82 Å². The lowest BCUT2D eigenvalue weighted by Gasteiger charge is -2.32. The van der Waals surface area contributed by atoms with E-state index in [1.165, 1.54) is 6.07 Å². The maximum Gasteiger partial charge on any atom is 0.404 e. The molecule has 0 unspecified atom stereocenters. The summed E-state index contributed by atoms with van der Waals surface area (Å²) < 4.78 is 18.5. The van der Waals surface area contributed by atoms with Crippen LogP contribution in [-0.4, -0.2) is 23.6 Å². The lowest BCUT2D eigenvalue weighted by Crippen LogP contribution is -2.37. The topological polar surface area (TPSA) is 55.6 Å². The van der Waals surface area contributed by atoms with E-state index in [0.717, 1.165) is 5.56 Å². The number of hydrogen-bond donors (Lipinski definition) is 1. The van der Waals surface area contributed by atoms with Gasteiger partial charge in [-0.3, -0.25) is 4.90 Å². The molecule has 0 spiro atoms. The zero-order valence-electron chi connectivity index (χ0n) is 11.9. The molecule has 0 aliphatic carbocycles. The molecule has 4 nitrogen and oxygen atoms in total. The first kappa shape index (κ1) is 15.4. The Labute approximate surface area is 113 Å². The molecular formula is C14H21FN2O2. The van der Waals surface area contributed by atoms with Gasteiger partial charge in [-0.1, -0.05) is 12.1 Å². The lowest BCUT2D eigenvalue weighted by molar-refractivity contribution is 0.145. The van der Waals surface area contributed by atoms with E-state index >= 15 is 0 Å². The summed E-state index contributed by atoms with van der Waals surface area (Å²) in [4.78, 5) is 12.7. The number of amides is 1. The van der Waals surface area contributed by atoms with Crippen molar-refractivity contribution < 1.29 is 13.9 Å². The molecule has 0 radical (unpaired) electrons. The molecule has 0 saturated heterocycles. The van der Waals surface area contributed by atoms with Gasteiger partial charge in [0.05, 0.1) is 0 Å². The van der Waals surface area contributed by atoms with Gasteiger partial charge in [-0.2, -0.15) is 0 Å². The summed E-state index contributed by atoms with van der Waals surface area (Å²) in [5, 5.41) is 0. The third kappa shape index (κ3) is 4.52. The van der Waals surface area contributed by atoms with Crippen molar-refractivity contribution in [1.29, 1.82) is 0 Å². The monoisotopic (exact) mass is 268 g/mol. The fourth-order valence-corrected chi connectivity index (χ4v) is 1.55. The van der Waals surface area contributed by atoms with Crippen LogP contribution >= 0.6 is 0 Å². The second-order valence-electron chi connectivity index (χ2n) is 5.51. The van der Waals surface area contributed by atoms with E-state index in [1.807, 2.05) is 13.1 Å². The normalized spacial score (nSPS) is 11.7. The van der Waals surface area contributed by atoms with Crippen molar-refractivity contribution in [3.8, 4) is 0 Å².